The smallest absolute Gasteiger partial charge is 0.0579 e. The first kappa shape index (κ1) is 14.2. The van der Waals surface area contributed by atoms with Gasteiger partial charge in [0.1, 0.15) is 0 Å². The summed E-state index contributed by atoms with van der Waals surface area (Å²) in [5.41, 5.74) is 3.76. The predicted octanol–water partition coefficient (Wildman–Crippen LogP) is 3.61. The van der Waals surface area contributed by atoms with Gasteiger partial charge < -0.3 is 10.6 Å². The fourth-order valence-corrected chi connectivity index (χ4v) is 1.35. The standard InChI is InChI=1S/C9H12N2.C3H8.H2S.H2/c1-7-2-3-8-9(6-7)11-5-4-10-8;1-3-2;;/h2-3,6,10-11H,4-5H2,1H3;3H2,1-2H3;1H2;1H. The van der Waals surface area contributed by atoms with E-state index in [1.165, 1.54) is 23.4 Å². The molecule has 1 heterocycles. The molecule has 1 aliphatic heterocycles. The second-order valence-corrected chi connectivity index (χ2v) is 3.61. The summed E-state index contributed by atoms with van der Waals surface area (Å²) in [6.45, 7) is 8.41. The maximum absolute atomic E-state index is 3.34. The van der Waals surface area contributed by atoms with Crippen LogP contribution in [-0.2, 0) is 0 Å². The predicted molar refractivity (Wildman–Crippen MR) is 76.6 cm³/mol. The van der Waals surface area contributed by atoms with Crippen molar-refractivity contribution in [1.82, 2.24) is 0 Å². The fraction of sp³-hybridized carbons (Fsp3) is 0.500. The highest BCUT2D eigenvalue weighted by atomic mass is 32.1. The number of hydrogen-bond donors (Lipinski definition) is 2. The second kappa shape index (κ2) is 7.46. The van der Waals surface area contributed by atoms with Crippen molar-refractivity contribution in [2.75, 3.05) is 23.7 Å². The van der Waals surface area contributed by atoms with Gasteiger partial charge in [-0.05, 0) is 24.6 Å². The van der Waals surface area contributed by atoms with Crippen molar-refractivity contribution in [3.63, 3.8) is 0 Å². The van der Waals surface area contributed by atoms with Crippen LogP contribution in [0, 0.1) is 6.92 Å². The Morgan fingerprint density at radius 1 is 1.13 bits per heavy atom. The molecule has 1 aliphatic rings. The van der Waals surface area contributed by atoms with Gasteiger partial charge in [-0.25, -0.2) is 0 Å². The quantitative estimate of drug-likeness (QED) is 0.709. The first-order chi connectivity index (χ1) is 6.77. The monoisotopic (exact) mass is 228 g/mol. The molecule has 0 saturated heterocycles. The minimum absolute atomic E-state index is 0. The zero-order valence-corrected chi connectivity index (χ0v) is 10.9. The van der Waals surface area contributed by atoms with E-state index in [9.17, 15) is 0 Å². The molecule has 0 unspecified atom stereocenters. The summed E-state index contributed by atoms with van der Waals surface area (Å²) in [7, 11) is 0. The molecular formula is C12H24N2S. The molecule has 2 nitrogen and oxygen atoms in total. The van der Waals surface area contributed by atoms with Crippen LogP contribution in [-0.4, -0.2) is 13.1 Å². The van der Waals surface area contributed by atoms with Crippen molar-refractivity contribution in [1.29, 1.82) is 0 Å². The maximum Gasteiger partial charge on any atom is 0.0579 e. The van der Waals surface area contributed by atoms with Gasteiger partial charge in [-0.3, -0.25) is 0 Å². The Hall–Kier alpha value is -0.830. The Bertz CT molecular complexity index is 292. The van der Waals surface area contributed by atoms with E-state index in [1.807, 2.05) is 0 Å². The molecule has 0 amide bonds. The Balaban J connectivity index is 0. The van der Waals surface area contributed by atoms with Crippen LogP contribution in [0.1, 0.15) is 27.3 Å². The number of aryl methyl sites for hydroxylation is 1. The Labute approximate surface area is 101 Å². The van der Waals surface area contributed by atoms with Crippen molar-refractivity contribution in [3.8, 4) is 0 Å². The second-order valence-electron chi connectivity index (χ2n) is 3.61. The van der Waals surface area contributed by atoms with Crippen LogP contribution in [0.15, 0.2) is 18.2 Å². The average molecular weight is 228 g/mol. The summed E-state index contributed by atoms with van der Waals surface area (Å²) in [6, 6.07) is 6.41. The van der Waals surface area contributed by atoms with Crippen LogP contribution < -0.4 is 10.6 Å². The summed E-state index contributed by atoms with van der Waals surface area (Å²) < 4.78 is 0. The molecule has 2 N–H and O–H groups in total. The SMILES string of the molecule is CCC.Cc1ccc2c(c1)NCCN2.S.[HH]. The van der Waals surface area contributed by atoms with Gasteiger partial charge in [0.2, 0.25) is 0 Å². The lowest BCUT2D eigenvalue weighted by molar-refractivity contribution is 1.04. The van der Waals surface area contributed by atoms with E-state index in [-0.39, 0.29) is 14.9 Å². The van der Waals surface area contributed by atoms with Crippen LogP contribution in [0.4, 0.5) is 11.4 Å². The van der Waals surface area contributed by atoms with Crippen LogP contribution in [0.3, 0.4) is 0 Å². The first-order valence-electron chi connectivity index (χ1n) is 5.36. The molecule has 2 rings (SSSR count). The lowest BCUT2D eigenvalue weighted by atomic mass is 10.1. The van der Waals surface area contributed by atoms with E-state index in [0.717, 1.165) is 13.1 Å². The van der Waals surface area contributed by atoms with E-state index in [4.69, 9.17) is 0 Å². The third kappa shape index (κ3) is 4.47. The number of hydrogen-bond acceptors (Lipinski definition) is 2. The Morgan fingerprint density at radius 3 is 2.27 bits per heavy atom. The highest BCUT2D eigenvalue weighted by Crippen LogP contribution is 2.24. The van der Waals surface area contributed by atoms with E-state index in [1.54, 1.807) is 0 Å². The molecule has 0 aromatic heterocycles. The Morgan fingerprint density at radius 2 is 1.67 bits per heavy atom. The van der Waals surface area contributed by atoms with Crippen molar-refractivity contribution < 1.29 is 1.43 Å². The topological polar surface area (TPSA) is 24.1 Å². The largest absolute Gasteiger partial charge is 0.382 e. The zero-order chi connectivity index (χ0) is 10.4. The molecule has 1 aromatic carbocycles. The van der Waals surface area contributed by atoms with Crippen LogP contribution >= 0.6 is 13.5 Å². The minimum Gasteiger partial charge on any atom is -0.382 e. The fourth-order valence-electron chi connectivity index (χ4n) is 1.35. The van der Waals surface area contributed by atoms with Gasteiger partial charge in [-0.2, -0.15) is 13.5 Å². The van der Waals surface area contributed by atoms with Gasteiger partial charge >= 0.3 is 0 Å². The van der Waals surface area contributed by atoms with Crippen LogP contribution in [0.5, 0.6) is 0 Å². The van der Waals surface area contributed by atoms with Crippen LogP contribution in [0.25, 0.3) is 0 Å². The highest BCUT2D eigenvalue weighted by molar-refractivity contribution is 7.59. The summed E-state index contributed by atoms with van der Waals surface area (Å²) in [5, 5.41) is 6.67. The molecule has 3 heteroatoms. The number of anilines is 2. The molecule has 0 atom stereocenters. The van der Waals surface area contributed by atoms with Gasteiger partial charge in [0.25, 0.3) is 0 Å². The number of benzene rings is 1. The molecular weight excluding hydrogens is 204 g/mol. The van der Waals surface area contributed by atoms with Crippen molar-refractivity contribution in [3.05, 3.63) is 23.8 Å². The lowest BCUT2D eigenvalue weighted by Gasteiger charge is -2.19. The summed E-state index contributed by atoms with van der Waals surface area (Å²) in [5.74, 6) is 0. The lowest BCUT2D eigenvalue weighted by Crippen LogP contribution is -2.20. The van der Waals surface area contributed by atoms with Crippen molar-refractivity contribution in [2.24, 2.45) is 0 Å². The van der Waals surface area contributed by atoms with Gasteiger partial charge in [0, 0.05) is 14.5 Å². The van der Waals surface area contributed by atoms with Crippen molar-refractivity contribution in [2.45, 2.75) is 27.2 Å². The summed E-state index contributed by atoms with van der Waals surface area (Å²) in [4.78, 5) is 0. The van der Waals surface area contributed by atoms with Crippen LogP contribution in [0.2, 0.25) is 0 Å². The molecule has 0 saturated carbocycles. The molecule has 0 aliphatic carbocycles. The van der Waals surface area contributed by atoms with Gasteiger partial charge in [0.15, 0.2) is 0 Å². The molecule has 1 aromatic rings. The number of fused-ring (bicyclic) bond motifs is 1. The normalized spacial score (nSPS) is 11.9. The van der Waals surface area contributed by atoms with E-state index in [2.05, 4.69) is 49.6 Å². The maximum atomic E-state index is 3.34. The molecule has 0 radical (unpaired) electrons. The average Bonchev–Trinajstić information content (AvgIpc) is 2.19. The molecule has 0 fully saturated rings. The van der Waals surface area contributed by atoms with E-state index >= 15 is 0 Å². The van der Waals surface area contributed by atoms with E-state index in [0.29, 0.717) is 0 Å². The number of nitrogens with one attached hydrogen (secondary N) is 2. The summed E-state index contributed by atoms with van der Waals surface area (Å²) in [6.07, 6.45) is 1.25. The molecule has 15 heavy (non-hydrogen) atoms. The molecule has 0 spiro atoms. The third-order valence-electron chi connectivity index (χ3n) is 1.93. The van der Waals surface area contributed by atoms with Gasteiger partial charge in [-0.15, -0.1) is 0 Å². The highest BCUT2D eigenvalue weighted by Gasteiger charge is 2.05. The van der Waals surface area contributed by atoms with Gasteiger partial charge in [-0.1, -0.05) is 26.3 Å². The third-order valence-corrected chi connectivity index (χ3v) is 1.93. The minimum atomic E-state index is 0. The molecule has 88 valence electrons. The molecule has 0 bridgehead atoms. The summed E-state index contributed by atoms with van der Waals surface area (Å²) >= 11 is 0. The number of rotatable bonds is 0. The zero-order valence-electron chi connectivity index (χ0n) is 9.85. The van der Waals surface area contributed by atoms with Crippen molar-refractivity contribution >= 4 is 24.9 Å². The van der Waals surface area contributed by atoms with Gasteiger partial charge in [0.05, 0.1) is 11.4 Å². The van der Waals surface area contributed by atoms with E-state index < -0.39 is 0 Å². The Kier molecular flexibility index (Phi) is 7.05. The first-order valence-corrected chi connectivity index (χ1v) is 5.36.